The van der Waals surface area contributed by atoms with Crippen LogP contribution in [0.15, 0.2) is 48.5 Å². The molecule has 10 nitrogen and oxygen atoms in total. The van der Waals surface area contributed by atoms with E-state index in [-0.39, 0.29) is 23.2 Å². The molecule has 4 N–H and O–H groups in total. The number of halogens is 2. The van der Waals surface area contributed by atoms with E-state index in [9.17, 15) is 18.4 Å². The van der Waals surface area contributed by atoms with Gasteiger partial charge in [0.15, 0.2) is 17.5 Å². The van der Waals surface area contributed by atoms with E-state index in [1.165, 1.54) is 17.9 Å². The summed E-state index contributed by atoms with van der Waals surface area (Å²) in [4.78, 5) is 27.5. The van der Waals surface area contributed by atoms with Gasteiger partial charge in [-0.3, -0.25) is 15.0 Å². The predicted octanol–water partition coefficient (Wildman–Crippen LogP) is 2.49. The Hall–Kier alpha value is -4.03. The minimum Gasteiger partial charge on any atom is -0.479 e. The highest BCUT2D eigenvalue weighted by Gasteiger charge is 2.36. The summed E-state index contributed by atoms with van der Waals surface area (Å²) in [7, 11) is 2.93. The zero-order valence-electron chi connectivity index (χ0n) is 20.4. The molecule has 1 fully saturated rings. The fourth-order valence-corrected chi connectivity index (χ4v) is 4.46. The second kappa shape index (κ2) is 11.4. The summed E-state index contributed by atoms with van der Waals surface area (Å²) in [6.45, 7) is 2.02. The van der Waals surface area contributed by atoms with Gasteiger partial charge in [-0.1, -0.05) is 24.3 Å². The summed E-state index contributed by atoms with van der Waals surface area (Å²) in [6, 6.07) is 11.5. The van der Waals surface area contributed by atoms with Gasteiger partial charge in [-0.2, -0.15) is 0 Å². The number of aromatic nitrogens is 2. The lowest BCUT2D eigenvalue weighted by Crippen LogP contribution is -2.43. The monoisotopic (exact) mass is 514 g/mol. The quantitative estimate of drug-likeness (QED) is 0.403. The highest BCUT2D eigenvalue weighted by molar-refractivity contribution is 6.04. The van der Waals surface area contributed by atoms with Crippen LogP contribution >= 0.6 is 0 Å². The number of rotatable bonds is 9. The number of hydrogen-bond donors (Lipinski definition) is 3. The first-order valence-electron chi connectivity index (χ1n) is 11.6. The van der Waals surface area contributed by atoms with Crippen molar-refractivity contribution in [2.75, 3.05) is 45.8 Å². The van der Waals surface area contributed by atoms with Crippen molar-refractivity contribution in [3.63, 3.8) is 0 Å². The molecule has 0 radical (unpaired) electrons. The molecular formula is C25H28F2N6O4. The van der Waals surface area contributed by atoms with Gasteiger partial charge in [0.25, 0.3) is 5.91 Å². The Balaban J connectivity index is 1.61. The smallest absolute Gasteiger partial charge is 0.320 e. The Kier molecular flexibility index (Phi) is 7.99. The van der Waals surface area contributed by atoms with Gasteiger partial charge >= 0.3 is 6.03 Å². The van der Waals surface area contributed by atoms with E-state index in [0.717, 1.165) is 12.1 Å². The van der Waals surface area contributed by atoms with Crippen molar-refractivity contribution < 1.29 is 27.8 Å². The lowest BCUT2D eigenvalue weighted by molar-refractivity contribution is 0.0998. The Morgan fingerprint density at radius 2 is 1.86 bits per heavy atom. The molecule has 3 aromatic rings. The Labute approximate surface area is 212 Å². The second-order valence-electron chi connectivity index (χ2n) is 8.58. The van der Waals surface area contributed by atoms with E-state index < -0.39 is 29.6 Å². The molecule has 2 atom stereocenters. The van der Waals surface area contributed by atoms with Gasteiger partial charge in [0.1, 0.15) is 5.56 Å². The number of methoxy groups -OCH3 is 2. The maximum Gasteiger partial charge on any atom is 0.320 e. The molecule has 0 unspecified atom stereocenters. The van der Waals surface area contributed by atoms with Crippen molar-refractivity contribution in [2.24, 2.45) is 5.73 Å². The standard InChI is InChI=1S/C25H28F2N6O4/c1-36-11-10-32-13-17(15-8-9-18(26)19(27)12-15)20(14-32)29-25(35)30-23-21(22(28)34)24(37-2)31-33(23)16-6-4-3-5-7-16/h3-9,12,17,20H,10-11,13-14H2,1-2H3,(H2,28,34)(H2,29,30,35)/t17-,20+/m0/s1. The van der Waals surface area contributed by atoms with Gasteiger partial charge in [-0.15, -0.1) is 5.10 Å². The molecule has 4 rings (SSSR count). The number of para-hydroxylation sites is 1. The number of nitrogens with one attached hydrogen (secondary N) is 2. The number of ether oxygens (including phenoxy) is 2. The third kappa shape index (κ3) is 5.70. The van der Waals surface area contributed by atoms with Gasteiger partial charge in [0.05, 0.1) is 25.4 Å². The summed E-state index contributed by atoms with van der Waals surface area (Å²) in [5.41, 5.74) is 6.61. The van der Waals surface area contributed by atoms with E-state index >= 15 is 0 Å². The highest BCUT2D eigenvalue weighted by atomic mass is 19.2. The van der Waals surface area contributed by atoms with Crippen molar-refractivity contribution in [3.8, 4) is 11.6 Å². The van der Waals surface area contributed by atoms with Gasteiger partial charge < -0.3 is 20.5 Å². The minimum atomic E-state index is -0.957. The number of anilines is 1. The Morgan fingerprint density at radius 1 is 1.11 bits per heavy atom. The number of primary amides is 1. The molecular weight excluding hydrogens is 486 g/mol. The van der Waals surface area contributed by atoms with Crippen molar-refractivity contribution >= 4 is 17.8 Å². The molecule has 1 aliphatic rings. The molecule has 1 aromatic heterocycles. The van der Waals surface area contributed by atoms with Crippen LogP contribution in [0.25, 0.3) is 5.69 Å². The fraction of sp³-hybridized carbons (Fsp3) is 0.320. The zero-order valence-corrected chi connectivity index (χ0v) is 20.4. The molecule has 2 heterocycles. The number of likely N-dealkylation sites (tertiary alicyclic amines) is 1. The SMILES string of the molecule is COCCN1C[C@@H](NC(=O)Nc2c(C(N)=O)c(OC)nn2-c2ccccc2)[C@H](c2ccc(F)c(F)c2)C1. The average molecular weight is 515 g/mol. The van der Waals surface area contributed by atoms with E-state index in [2.05, 4.69) is 20.6 Å². The van der Waals surface area contributed by atoms with Crippen LogP contribution in [0.4, 0.5) is 19.4 Å². The van der Waals surface area contributed by atoms with Crippen molar-refractivity contribution in [2.45, 2.75) is 12.0 Å². The highest BCUT2D eigenvalue weighted by Crippen LogP contribution is 2.31. The Morgan fingerprint density at radius 3 is 2.51 bits per heavy atom. The fourth-order valence-electron chi connectivity index (χ4n) is 4.46. The first-order chi connectivity index (χ1) is 17.8. The van der Waals surface area contributed by atoms with E-state index in [0.29, 0.717) is 37.5 Å². The van der Waals surface area contributed by atoms with Crippen LogP contribution in [0, 0.1) is 11.6 Å². The number of benzene rings is 2. The summed E-state index contributed by atoms with van der Waals surface area (Å²) in [5.74, 6) is -3.06. The van der Waals surface area contributed by atoms with Crippen LogP contribution in [0.3, 0.4) is 0 Å². The lowest BCUT2D eigenvalue weighted by Gasteiger charge is -2.21. The van der Waals surface area contributed by atoms with E-state index in [4.69, 9.17) is 15.2 Å². The molecule has 0 bridgehead atoms. The third-order valence-corrected chi connectivity index (χ3v) is 6.22. The Bertz CT molecular complexity index is 1270. The van der Waals surface area contributed by atoms with Crippen LogP contribution in [0.2, 0.25) is 0 Å². The first kappa shape index (κ1) is 26.0. The number of urea groups is 1. The number of hydrogen-bond acceptors (Lipinski definition) is 6. The number of amides is 3. The minimum absolute atomic E-state index is 0.0339. The topological polar surface area (TPSA) is 124 Å². The van der Waals surface area contributed by atoms with Gasteiger partial charge in [-0.25, -0.2) is 18.3 Å². The molecule has 0 spiro atoms. The molecule has 0 saturated carbocycles. The summed E-state index contributed by atoms with van der Waals surface area (Å²) >= 11 is 0. The van der Waals surface area contributed by atoms with Crippen LogP contribution in [-0.4, -0.2) is 73.1 Å². The summed E-state index contributed by atoms with van der Waals surface area (Å²) in [6.07, 6.45) is 0. The van der Waals surface area contributed by atoms with Crippen LogP contribution in [-0.2, 0) is 4.74 Å². The molecule has 1 aliphatic heterocycles. The molecule has 2 aromatic carbocycles. The molecule has 0 aliphatic carbocycles. The average Bonchev–Trinajstić information content (AvgIpc) is 3.46. The number of nitrogens with two attached hydrogens (primary N) is 1. The molecule has 1 saturated heterocycles. The number of carbonyl (C=O) groups is 2. The van der Waals surface area contributed by atoms with E-state index in [1.54, 1.807) is 31.4 Å². The van der Waals surface area contributed by atoms with Crippen molar-refractivity contribution in [1.29, 1.82) is 0 Å². The van der Waals surface area contributed by atoms with Crippen LogP contribution in [0.1, 0.15) is 21.8 Å². The summed E-state index contributed by atoms with van der Waals surface area (Å²) in [5, 5.41) is 9.87. The summed E-state index contributed by atoms with van der Waals surface area (Å²) < 4.78 is 39.3. The van der Waals surface area contributed by atoms with Crippen molar-refractivity contribution in [1.82, 2.24) is 20.0 Å². The van der Waals surface area contributed by atoms with Gasteiger partial charge in [0.2, 0.25) is 5.88 Å². The maximum absolute atomic E-state index is 14.0. The third-order valence-electron chi connectivity index (χ3n) is 6.22. The predicted molar refractivity (Wildman–Crippen MR) is 132 cm³/mol. The van der Waals surface area contributed by atoms with Crippen molar-refractivity contribution in [3.05, 3.63) is 71.3 Å². The van der Waals surface area contributed by atoms with Gasteiger partial charge in [0, 0.05) is 32.7 Å². The largest absolute Gasteiger partial charge is 0.479 e. The lowest BCUT2D eigenvalue weighted by atomic mass is 9.94. The first-order valence-corrected chi connectivity index (χ1v) is 11.6. The van der Waals surface area contributed by atoms with Gasteiger partial charge in [-0.05, 0) is 29.8 Å². The second-order valence-corrected chi connectivity index (χ2v) is 8.58. The molecule has 37 heavy (non-hydrogen) atoms. The number of carbonyl (C=O) groups excluding carboxylic acids is 2. The van der Waals surface area contributed by atoms with Crippen LogP contribution in [0.5, 0.6) is 5.88 Å². The van der Waals surface area contributed by atoms with E-state index in [1.807, 2.05) is 6.07 Å². The molecule has 196 valence electrons. The zero-order chi connectivity index (χ0) is 26.5. The normalized spacial score (nSPS) is 17.5. The van der Waals surface area contributed by atoms with Crippen LogP contribution < -0.4 is 21.1 Å². The maximum atomic E-state index is 14.0. The molecule has 12 heteroatoms. The number of nitrogens with zero attached hydrogens (tertiary/aromatic N) is 3. The molecule has 3 amide bonds.